The number of aliphatic carboxylic acids is 3. The lowest BCUT2D eigenvalue weighted by molar-refractivity contribution is -0.143. The van der Waals surface area contributed by atoms with E-state index in [-0.39, 0.29) is 102 Å². The molecule has 0 aliphatic carbocycles. The van der Waals surface area contributed by atoms with Crippen molar-refractivity contribution in [3.8, 4) is 0 Å². The zero-order valence-electron chi connectivity index (χ0n) is 67.9. The van der Waals surface area contributed by atoms with Gasteiger partial charge in [-0.05, 0) is 158 Å². The number of aliphatic hydroxyl groups excluding tert-OH is 2. The molecule has 118 heavy (non-hydrogen) atoms. The van der Waals surface area contributed by atoms with Gasteiger partial charge < -0.3 is 123 Å². The molecule has 41 heteroatoms. The molecule has 0 unspecified atom stereocenters. The quantitative estimate of drug-likeness (QED) is 0.0277. The number of amides is 14. The molecule has 40 nitrogen and oxygen atoms in total. The second-order valence-electron chi connectivity index (χ2n) is 29.4. The molecule has 2 rings (SSSR count). The first-order chi connectivity index (χ1) is 55.9. The van der Waals surface area contributed by atoms with Crippen molar-refractivity contribution in [2.45, 2.75) is 248 Å². The normalized spacial score (nSPS) is 14.7. The molecule has 28 N–H and O–H groups in total. The largest absolute Gasteiger partial charge is 0.481 e. The average Bonchev–Trinajstić information content (AvgIpc) is 0.853. The second-order valence-corrected chi connectivity index (χ2v) is 30.4. The Balaban J connectivity index is 2.47. The van der Waals surface area contributed by atoms with E-state index in [1.165, 1.54) is 18.7 Å². The van der Waals surface area contributed by atoms with Gasteiger partial charge in [-0.2, -0.15) is 11.8 Å². The summed E-state index contributed by atoms with van der Waals surface area (Å²) in [5, 5.41) is 82.4. The van der Waals surface area contributed by atoms with Crippen LogP contribution in [0.1, 0.15) is 161 Å². The molecule has 14 atom stereocenters. The van der Waals surface area contributed by atoms with E-state index < -0.39 is 231 Å². The topological polar surface area (TPSA) is 678 Å². The van der Waals surface area contributed by atoms with Crippen LogP contribution in [0, 0.1) is 11.8 Å². The number of hydrogen-bond donors (Lipinski definition) is 23. The molecule has 14 amide bonds. The molecule has 0 radical (unpaired) electrons. The number of aliphatic hydroxyl groups is 2. The molecule has 2 aromatic rings. The van der Waals surface area contributed by atoms with Crippen LogP contribution in [0.25, 0.3) is 0 Å². The van der Waals surface area contributed by atoms with Crippen LogP contribution in [-0.2, 0) is 94.3 Å². The third-order valence-corrected chi connectivity index (χ3v) is 19.1. The van der Waals surface area contributed by atoms with Crippen LogP contribution in [-0.4, -0.2) is 256 Å². The molecule has 0 saturated carbocycles. The first-order valence-corrected chi connectivity index (χ1v) is 40.9. The SMILES string of the molecule is CSCC[C@H](NC(=O)[C@H](CC(C)C)NC(=O)[C@H](CCCCN)NC(=O)[C@@H](N)CCC(=O)O)C(=O)N[C@@H](CCCCN)C(=O)N[C@@H](C)C(=O)N[C@@H](Cc1ccccc1)C(=O)N[C@@H](CCC(=O)O)C(=O)N[C@@H](CO)C(=O)N[C@@H](CC(C)C)C(=O)N[C@@H](CCCCN)C(=O)N[C@@H](CO)C(=O)N[C@@H](Cc1ccccc1)C(=O)N[C@@H](CCC(N)=O)C(=O)O. The molecular weight excluding hydrogens is 1560 g/mol. The maximum absolute atomic E-state index is 14.6. The molecule has 0 saturated heterocycles. The van der Waals surface area contributed by atoms with Crippen molar-refractivity contribution in [2.24, 2.45) is 40.5 Å². The molecule has 2 aromatic carbocycles. The Labute approximate surface area is 690 Å². The molecule has 0 aliphatic rings. The highest BCUT2D eigenvalue weighted by atomic mass is 32.2. The van der Waals surface area contributed by atoms with Crippen molar-refractivity contribution in [1.29, 1.82) is 0 Å². The summed E-state index contributed by atoms with van der Waals surface area (Å²) in [6, 6.07) is -5.02. The number of carbonyl (C=O) groups excluding carboxylic acids is 14. The van der Waals surface area contributed by atoms with Crippen molar-refractivity contribution >= 4 is 112 Å². The second kappa shape index (κ2) is 56.8. The number of carboxylic acid groups (broad SMARTS) is 3. The molecule has 0 aromatic heterocycles. The number of unbranched alkanes of at least 4 members (excludes halogenated alkanes) is 3. The van der Waals surface area contributed by atoms with Gasteiger partial charge in [0.15, 0.2) is 0 Å². The van der Waals surface area contributed by atoms with E-state index in [1.54, 1.807) is 94.6 Å². The number of carboxylic acids is 3. The summed E-state index contributed by atoms with van der Waals surface area (Å²) in [6.07, 6.45) is 0.270. The first-order valence-electron chi connectivity index (χ1n) is 39.5. The number of nitrogens with two attached hydrogens (primary N) is 5. The van der Waals surface area contributed by atoms with E-state index in [9.17, 15) is 102 Å². The summed E-state index contributed by atoms with van der Waals surface area (Å²) in [5.74, 6) is -18.0. The molecule has 0 bridgehead atoms. The fraction of sp³-hybridized carbons (Fsp3) is 0.623. The van der Waals surface area contributed by atoms with Gasteiger partial charge in [-0.1, -0.05) is 88.4 Å². The van der Waals surface area contributed by atoms with Crippen LogP contribution in [0.4, 0.5) is 0 Å². The Morgan fingerprint density at radius 2 is 0.627 bits per heavy atom. The van der Waals surface area contributed by atoms with Gasteiger partial charge in [-0.25, -0.2) is 4.79 Å². The predicted molar refractivity (Wildman–Crippen MR) is 434 cm³/mol. The highest BCUT2D eigenvalue weighted by Gasteiger charge is 2.38. The van der Waals surface area contributed by atoms with Crippen LogP contribution >= 0.6 is 11.8 Å². The smallest absolute Gasteiger partial charge is 0.326 e. The lowest BCUT2D eigenvalue weighted by Crippen LogP contribution is -2.61. The molecule has 0 aliphatic heterocycles. The number of primary amides is 1. The summed E-state index contributed by atoms with van der Waals surface area (Å²) in [6.45, 7) is 6.55. The fourth-order valence-electron chi connectivity index (χ4n) is 11.9. The van der Waals surface area contributed by atoms with E-state index in [2.05, 4.69) is 69.1 Å². The van der Waals surface area contributed by atoms with Gasteiger partial charge in [0, 0.05) is 32.1 Å². The summed E-state index contributed by atoms with van der Waals surface area (Å²) >= 11 is 1.34. The van der Waals surface area contributed by atoms with Gasteiger partial charge in [0.1, 0.15) is 78.5 Å². The first kappa shape index (κ1) is 104. The van der Waals surface area contributed by atoms with E-state index >= 15 is 0 Å². The molecule has 0 heterocycles. The number of carbonyl (C=O) groups is 17. The standard InChI is InChI=1S/C77H124N18O22S/c1-43(2)37-55(91-67(106)50(24-14-17-34-79)84-65(104)48(81)26-30-62(99)100)72(111)88-53(32-36-118-6)70(109)85-49(23-13-16-33-78)66(105)83-45(5)64(103)90-57(39-46-19-9-7-10-20-46)73(112)87-52(28-31-63(101)102)69(108)95-59(41-96)75(114)92-56(38-44(3)4)71(110)86-51(25-15-18-35-80)68(107)94-60(42-97)76(115)93-58(40-47-21-11-8-12-22-47)74(113)89-54(77(116)117)27-29-61(82)98/h7-12,19-22,43-45,48-60,96-97H,13-18,23-42,78-81H2,1-6H3,(H2,82,98)(H,83,105)(H,84,104)(H,85,109)(H,86,110)(H,87,112)(H,88,111)(H,89,113)(H,90,103)(H,91,106)(H,92,114)(H,93,115)(H,94,107)(H,95,108)(H,99,100)(H,101,102)(H,116,117)/t45-,48-,49-,50-,51-,52-,53-,54-,55-,56-,57-,58-,59-,60-/m0/s1. The number of nitrogens with one attached hydrogen (secondary N) is 13. The van der Waals surface area contributed by atoms with Crippen molar-refractivity contribution in [3.63, 3.8) is 0 Å². The third-order valence-electron chi connectivity index (χ3n) is 18.5. The maximum Gasteiger partial charge on any atom is 0.326 e. The van der Waals surface area contributed by atoms with Gasteiger partial charge in [0.05, 0.1) is 19.3 Å². The predicted octanol–water partition coefficient (Wildman–Crippen LogP) is -4.58. The summed E-state index contributed by atoms with van der Waals surface area (Å²) in [4.78, 5) is 230. The van der Waals surface area contributed by atoms with E-state index in [0.717, 1.165) is 0 Å². The van der Waals surface area contributed by atoms with E-state index in [1.807, 2.05) is 0 Å². The monoisotopic (exact) mass is 1680 g/mol. The van der Waals surface area contributed by atoms with Crippen LogP contribution in [0.15, 0.2) is 60.7 Å². The van der Waals surface area contributed by atoms with Crippen LogP contribution in [0.3, 0.4) is 0 Å². The zero-order chi connectivity index (χ0) is 88.6. The third kappa shape index (κ3) is 41.1. The van der Waals surface area contributed by atoms with E-state index in [4.69, 9.17) is 33.8 Å². The van der Waals surface area contributed by atoms with Crippen LogP contribution < -0.4 is 97.8 Å². The maximum atomic E-state index is 14.6. The summed E-state index contributed by atoms with van der Waals surface area (Å²) in [7, 11) is 0. The highest BCUT2D eigenvalue weighted by Crippen LogP contribution is 2.16. The highest BCUT2D eigenvalue weighted by molar-refractivity contribution is 7.98. The minimum absolute atomic E-state index is 0.0207. The summed E-state index contributed by atoms with van der Waals surface area (Å²) in [5.41, 5.74) is 29.4. The number of hydrogen-bond acceptors (Lipinski definition) is 24. The van der Waals surface area contributed by atoms with E-state index in [0.29, 0.717) is 42.6 Å². The molecule has 0 spiro atoms. The van der Waals surface area contributed by atoms with Gasteiger partial charge in [-0.3, -0.25) is 76.7 Å². The fourth-order valence-corrected chi connectivity index (χ4v) is 12.3. The summed E-state index contributed by atoms with van der Waals surface area (Å²) < 4.78 is 0. The Morgan fingerprint density at radius 1 is 0.339 bits per heavy atom. The lowest BCUT2D eigenvalue weighted by atomic mass is 10.0. The molecular formula is C77H124N18O22S. The average molecular weight is 1690 g/mol. The Bertz CT molecular complexity index is 3590. The van der Waals surface area contributed by atoms with Gasteiger partial charge in [0.2, 0.25) is 82.7 Å². The minimum atomic E-state index is -1.93. The Hall–Kier alpha value is -10.5. The van der Waals surface area contributed by atoms with Crippen LogP contribution in [0.2, 0.25) is 0 Å². The Morgan fingerprint density at radius 3 is 0.975 bits per heavy atom. The van der Waals surface area contributed by atoms with Gasteiger partial charge in [-0.15, -0.1) is 0 Å². The van der Waals surface area contributed by atoms with Crippen molar-refractivity contribution < 1.29 is 107 Å². The Kier molecular flexibility index (Phi) is 49.9. The van der Waals surface area contributed by atoms with Crippen molar-refractivity contribution in [1.82, 2.24) is 69.1 Å². The number of thioether (sulfide) groups is 1. The van der Waals surface area contributed by atoms with Gasteiger partial charge in [0.25, 0.3) is 0 Å². The molecule has 660 valence electrons. The zero-order valence-corrected chi connectivity index (χ0v) is 68.7. The van der Waals surface area contributed by atoms with Crippen molar-refractivity contribution in [2.75, 3.05) is 44.9 Å². The minimum Gasteiger partial charge on any atom is -0.481 e. The molecule has 0 fully saturated rings. The van der Waals surface area contributed by atoms with Gasteiger partial charge >= 0.3 is 17.9 Å². The lowest BCUT2D eigenvalue weighted by Gasteiger charge is -2.28. The van der Waals surface area contributed by atoms with Crippen molar-refractivity contribution in [3.05, 3.63) is 71.8 Å². The number of benzene rings is 2. The van der Waals surface area contributed by atoms with Crippen LogP contribution in [0.5, 0.6) is 0 Å². The number of rotatable bonds is 61.